The van der Waals surface area contributed by atoms with Gasteiger partial charge >= 0.3 is 0 Å². The fraction of sp³-hybridized carbons (Fsp3) is 0.571. The van der Waals surface area contributed by atoms with E-state index in [1.165, 1.54) is 17.7 Å². The van der Waals surface area contributed by atoms with E-state index < -0.39 is 0 Å². The number of hydrogen-bond acceptors (Lipinski definition) is 3. The van der Waals surface area contributed by atoms with E-state index in [1.54, 1.807) is 0 Å². The van der Waals surface area contributed by atoms with Gasteiger partial charge < -0.3 is 20.4 Å². The molecule has 2 heterocycles. The first kappa shape index (κ1) is 23.9. The molecule has 2 atom stereocenters. The van der Waals surface area contributed by atoms with Gasteiger partial charge in [-0.3, -0.25) is 9.89 Å². The third-order valence-corrected chi connectivity index (χ3v) is 5.26. The molecule has 8 heteroatoms. The quantitative estimate of drug-likeness (QED) is 0.300. The Morgan fingerprint density at radius 2 is 2.24 bits per heavy atom. The van der Waals surface area contributed by atoms with E-state index in [9.17, 15) is 4.39 Å². The summed E-state index contributed by atoms with van der Waals surface area (Å²) in [6.07, 6.45) is 2.80. The highest BCUT2D eigenvalue weighted by Gasteiger charge is 2.23. The molecule has 3 N–H and O–H groups in total. The predicted octanol–water partition coefficient (Wildman–Crippen LogP) is 3.13. The lowest BCUT2D eigenvalue weighted by Gasteiger charge is -2.37. The van der Waals surface area contributed by atoms with Crippen LogP contribution in [0.5, 0.6) is 0 Å². The van der Waals surface area contributed by atoms with E-state index in [0.29, 0.717) is 12.1 Å². The van der Waals surface area contributed by atoms with Crippen molar-refractivity contribution in [3.05, 3.63) is 35.8 Å². The lowest BCUT2D eigenvalue weighted by molar-refractivity contribution is -0.0165. The Hall–Kier alpha value is -1.39. The number of guanidine groups is 1. The molecule has 1 aromatic carbocycles. The van der Waals surface area contributed by atoms with E-state index in [1.807, 2.05) is 12.3 Å². The van der Waals surface area contributed by atoms with E-state index in [-0.39, 0.29) is 29.8 Å². The van der Waals surface area contributed by atoms with Gasteiger partial charge in [0.05, 0.1) is 19.8 Å². The zero-order chi connectivity index (χ0) is 19.9. The summed E-state index contributed by atoms with van der Waals surface area (Å²) in [5, 5.41) is 7.80. The number of aromatic amines is 1. The lowest BCUT2D eigenvalue weighted by Crippen LogP contribution is -2.49. The van der Waals surface area contributed by atoms with Gasteiger partial charge in [-0.1, -0.05) is 0 Å². The SMILES string of the molecule is CCNC(=NCC(C)N1CCOCC1C)NCCc1c[nH]c2cc(F)ccc12.I. The van der Waals surface area contributed by atoms with Crippen LogP contribution in [0.2, 0.25) is 0 Å². The van der Waals surface area contributed by atoms with Crippen LogP contribution in [-0.4, -0.2) is 67.3 Å². The number of ether oxygens (including phenoxy) is 1. The molecule has 1 saturated heterocycles. The molecule has 1 aliphatic heterocycles. The van der Waals surface area contributed by atoms with Crippen LogP contribution in [0.25, 0.3) is 10.9 Å². The number of morpholine rings is 1. The Morgan fingerprint density at radius 3 is 3.00 bits per heavy atom. The molecule has 0 aliphatic carbocycles. The number of nitrogens with zero attached hydrogens (tertiary/aromatic N) is 2. The lowest BCUT2D eigenvalue weighted by atomic mass is 10.1. The first-order valence-electron chi connectivity index (χ1n) is 10.2. The second-order valence-electron chi connectivity index (χ2n) is 7.41. The number of rotatable bonds is 7. The highest BCUT2D eigenvalue weighted by Crippen LogP contribution is 2.19. The van der Waals surface area contributed by atoms with Crippen LogP contribution in [0, 0.1) is 5.82 Å². The number of aliphatic imine (C=N–C) groups is 1. The fourth-order valence-electron chi connectivity index (χ4n) is 3.75. The number of H-pyrrole nitrogens is 1. The number of aromatic nitrogens is 1. The molecule has 1 fully saturated rings. The summed E-state index contributed by atoms with van der Waals surface area (Å²) in [5.41, 5.74) is 2.01. The summed E-state index contributed by atoms with van der Waals surface area (Å²) < 4.78 is 18.9. The van der Waals surface area contributed by atoms with Gasteiger partial charge in [0.1, 0.15) is 5.82 Å². The average Bonchev–Trinajstić information content (AvgIpc) is 3.08. The minimum Gasteiger partial charge on any atom is -0.379 e. The van der Waals surface area contributed by atoms with Crippen LogP contribution in [0.15, 0.2) is 29.4 Å². The summed E-state index contributed by atoms with van der Waals surface area (Å²) in [6, 6.07) is 5.68. The van der Waals surface area contributed by atoms with Gasteiger partial charge in [-0.15, -0.1) is 24.0 Å². The third-order valence-electron chi connectivity index (χ3n) is 5.26. The van der Waals surface area contributed by atoms with Crippen molar-refractivity contribution >= 4 is 40.8 Å². The molecule has 0 saturated carbocycles. The molecule has 1 aromatic heterocycles. The highest BCUT2D eigenvalue weighted by molar-refractivity contribution is 14.0. The molecule has 162 valence electrons. The summed E-state index contributed by atoms with van der Waals surface area (Å²) in [7, 11) is 0. The molecule has 2 aromatic rings. The molecule has 29 heavy (non-hydrogen) atoms. The van der Waals surface area contributed by atoms with Crippen LogP contribution in [0.3, 0.4) is 0 Å². The standard InChI is InChI=1S/C21H32FN5O.HI/c1-4-23-21(26-12-15(2)27-9-10-28-14-16(27)3)24-8-7-17-13-25-20-11-18(22)5-6-19(17)20;/h5-6,11,13,15-16,25H,4,7-10,12,14H2,1-3H3,(H2,23,24,26);1H. The molecule has 3 rings (SSSR count). The summed E-state index contributed by atoms with van der Waals surface area (Å²) in [6.45, 7) is 11.4. The maximum Gasteiger partial charge on any atom is 0.191 e. The summed E-state index contributed by atoms with van der Waals surface area (Å²) in [5.74, 6) is 0.616. The van der Waals surface area contributed by atoms with Crippen molar-refractivity contribution in [2.24, 2.45) is 4.99 Å². The second kappa shape index (κ2) is 11.7. The zero-order valence-corrected chi connectivity index (χ0v) is 19.8. The zero-order valence-electron chi connectivity index (χ0n) is 17.5. The molecule has 1 aliphatic rings. The highest BCUT2D eigenvalue weighted by atomic mass is 127. The number of hydrogen-bond donors (Lipinski definition) is 3. The number of halogens is 2. The smallest absolute Gasteiger partial charge is 0.191 e. The van der Waals surface area contributed by atoms with Crippen LogP contribution in [0.1, 0.15) is 26.3 Å². The van der Waals surface area contributed by atoms with Crippen LogP contribution >= 0.6 is 24.0 Å². The van der Waals surface area contributed by atoms with Crippen molar-refractivity contribution in [1.29, 1.82) is 0 Å². The van der Waals surface area contributed by atoms with Crippen molar-refractivity contribution < 1.29 is 9.13 Å². The number of nitrogens with one attached hydrogen (secondary N) is 3. The number of benzene rings is 1. The maximum absolute atomic E-state index is 13.3. The van der Waals surface area contributed by atoms with E-state index in [0.717, 1.165) is 62.7 Å². The van der Waals surface area contributed by atoms with Crippen molar-refractivity contribution in [3.8, 4) is 0 Å². The third kappa shape index (κ3) is 6.55. The molecule has 2 unspecified atom stereocenters. The van der Waals surface area contributed by atoms with Gasteiger partial charge in [0, 0.05) is 48.8 Å². The molecular weight excluding hydrogens is 484 g/mol. The Balaban J connectivity index is 0.00000300. The number of fused-ring (bicyclic) bond motifs is 1. The van der Waals surface area contributed by atoms with E-state index >= 15 is 0 Å². The Morgan fingerprint density at radius 1 is 1.41 bits per heavy atom. The monoisotopic (exact) mass is 517 g/mol. The van der Waals surface area contributed by atoms with E-state index in [4.69, 9.17) is 9.73 Å². The van der Waals surface area contributed by atoms with Gasteiger partial charge in [0.15, 0.2) is 5.96 Å². The van der Waals surface area contributed by atoms with Crippen molar-refractivity contribution in [2.75, 3.05) is 39.4 Å². The van der Waals surface area contributed by atoms with Crippen molar-refractivity contribution in [1.82, 2.24) is 20.5 Å². The van der Waals surface area contributed by atoms with Gasteiger partial charge in [0.2, 0.25) is 0 Å². The van der Waals surface area contributed by atoms with Gasteiger partial charge in [-0.2, -0.15) is 0 Å². The summed E-state index contributed by atoms with van der Waals surface area (Å²) >= 11 is 0. The van der Waals surface area contributed by atoms with Crippen molar-refractivity contribution in [3.63, 3.8) is 0 Å². The maximum atomic E-state index is 13.3. The van der Waals surface area contributed by atoms with Crippen molar-refractivity contribution in [2.45, 2.75) is 39.3 Å². The van der Waals surface area contributed by atoms with Gasteiger partial charge in [0.25, 0.3) is 0 Å². The largest absolute Gasteiger partial charge is 0.379 e. The predicted molar refractivity (Wildman–Crippen MR) is 128 cm³/mol. The fourth-order valence-corrected chi connectivity index (χ4v) is 3.75. The normalized spacial score (nSPS) is 19.0. The average molecular weight is 517 g/mol. The Labute approximate surface area is 189 Å². The molecular formula is C21H33FIN5O. The van der Waals surface area contributed by atoms with Crippen LogP contribution < -0.4 is 10.6 Å². The summed E-state index contributed by atoms with van der Waals surface area (Å²) in [4.78, 5) is 10.4. The molecule has 0 amide bonds. The van der Waals surface area contributed by atoms with Crippen LogP contribution in [0.4, 0.5) is 4.39 Å². The van der Waals surface area contributed by atoms with Gasteiger partial charge in [-0.25, -0.2) is 4.39 Å². The first-order chi connectivity index (χ1) is 13.6. The Kier molecular flexibility index (Phi) is 9.64. The first-order valence-corrected chi connectivity index (χ1v) is 10.2. The molecule has 0 spiro atoms. The molecule has 6 nitrogen and oxygen atoms in total. The molecule has 0 radical (unpaired) electrons. The molecule has 0 bridgehead atoms. The second-order valence-corrected chi connectivity index (χ2v) is 7.41. The minimum atomic E-state index is -0.218. The van der Waals surface area contributed by atoms with Crippen LogP contribution in [-0.2, 0) is 11.2 Å². The van der Waals surface area contributed by atoms with E-state index in [2.05, 4.69) is 41.3 Å². The topological polar surface area (TPSA) is 64.7 Å². The van der Waals surface area contributed by atoms with Gasteiger partial charge in [-0.05, 0) is 51.0 Å². The minimum absolute atomic E-state index is 0. The Bertz CT molecular complexity index is 796.